The Hall–Kier alpha value is -0.910. The molecule has 126 valence electrons. The van der Waals surface area contributed by atoms with Crippen LogP contribution in [-0.2, 0) is 12.8 Å². The average Bonchev–Trinajstić information content (AvgIpc) is 3.17. The van der Waals surface area contributed by atoms with E-state index in [1.54, 1.807) is 0 Å². The first kappa shape index (κ1) is 14.4. The number of fused-ring (bicyclic) bond motifs is 6. The zero-order valence-electron chi connectivity index (χ0n) is 13.3. The number of hydrogen-bond acceptors (Lipinski definition) is 4. The summed E-state index contributed by atoms with van der Waals surface area (Å²) in [5.74, 6) is 1.95. The highest BCUT2D eigenvalue weighted by atomic mass is 16.3. The van der Waals surface area contributed by atoms with Crippen LogP contribution in [0.4, 0.5) is 0 Å². The molecule has 8 unspecified atom stereocenters. The van der Waals surface area contributed by atoms with Crippen molar-refractivity contribution in [2.24, 2.45) is 35.5 Å². The van der Waals surface area contributed by atoms with Gasteiger partial charge in [-0.2, -0.15) is 5.10 Å². The van der Waals surface area contributed by atoms with Gasteiger partial charge in [0, 0.05) is 5.69 Å². The van der Waals surface area contributed by atoms with E-state index in [2.05, 4.69) is 10.2 Å². The summed E-state index contributed by atoms with van der Waals surface area (Å²) in [6, 6.07) is 0. The number of hydrogen-bond donors (Lipinski definition) is 4. The Kier molecular flexibility index (Phi) is 3.16. The molecule has 1 aromatic heterocycles. The van der Waals surface area contributed by atoms with Crippen molar-refractivity contribution < 1.29 is 15.3 Å². The minimum absolute atomic E-state index is 0.141. The molecule has 5 nitrogen and oxygen atoms in total. The Morgan fingerprint density at radius 1 is 0.826 bits per heavy atom. The quantitative estimate of drug-likeness (QED) is 0.572. The molecule has 23 heavy (non-hydrogen) atoms. The smallest absolute Gasteiger partial charge is 0.0836 e. The Morgan fingerprint density at radius 3 is 2.43 bits per heavy atom. The third kappa shape index (κ3) is 1.93. The molecule has 4 aliphatic carbocycles. The third-order valence-electron chi connectivity index (χ3n) is 7.65. The fourth-order valence-corrected chi connectivity index (χ4v) is 6.67. The normalized spacial score (nSPS) is 51.5. The van der Waals surface area contributed by atoms with E-state index < -0.39 is 12.2 Å². The number of nitrogens with zero attached hydrogens (tertiary/aromatic N) is 1. The summed E-state index contributed by atoms with van der Waals surface area (Å²) in [6.45, 7) is 0. The van der Waals surface area contributed by atoms with E-state index in [1.165, 1.54) is 5.56 Å². The molecule has 3 saturated carbocycles. The van der Waals surface area contributed by atoms with E-state index in [1.807, 2.05) is 6.20 Å². The number of rotatable bonds is 0. The van der Waals surface area contributed by atoms with Gasteiger partial charge in [-0.15, -0.1) is 0 Å². The van der Waals surface area contributed by atoms with Gasteiger partial charge in [0.25, 0.3) is 0 Å². The second kappa shape index (κ2) is 5.04. The van der Waals surface area contributed by atoms with Gasteiger partial charge in [0.2, 0.25) is 0 Å². The molecule has 0 radical (unpaired) electrons. The largest absolute Gasteiger partial charge is 0.393 e. The lowest BCUT2D eigenvalue weighted by molar-refractivity contribution is -0.164. The van der Waals surface area contributed by atoms with Gasteiger partial charge in [0.15, 0.2) is 0 Å². The zero-order chi connectivity index (χ0) is 15.7. The highest BCUT2D eigenvalue weighted by Crippen LogP contribution is 2.57. The van der Waals surface area contributed by atoms with Gasteiger partial charge in [-0.1, -0.05) is 0 Å². The standard InChI is InChI=1S/C18H26N2O3/c21-15-4-3-10-9(15)1-2-11-12-5-8-7-19-20-14(8)6-13(12)17(22)18(23)16(10)11/h7,9-13,15-18,21-23H,1-6H2,(H,19,20)/t9?,10?,11?,12?,13?,15?,16?,17?,18-/m0/s1. The van der Waals surface area contributed by atoms with Gasteiger partial charge in [-0.05, 0) is 79.6 Å². The summed E-state index contributed by atoms with van der Waals surface area (Å²) in [7, 11) is 0. The Balaban J connectivity index is 1.50. The molecule has 9 atom stereocenters. The first-order valence-electron chi connectivity index (χ1n) is 9.20. The molecule has 0 amide bonds. The van der Waals surface area contributed by atoms with Crippen LogP contribution < -0.4 is 0 Å². The summed E-state index contributed by atoms with van der Waals surface area (Å²) in [5.41, 5.74) is 2.43. The highest BCUT2D eigenvalue weighted by Gasteiger charge is 2.57. The van der Waals surface area contributed by atoms with Crippen LogP contribution in [0.3, 0.4) is 0 Å². The number of H-pyrrole nitrogens is 1. The first-order valence-corrected chi connectivity index (χ1v) is 9.20. The van der Waals surface area contributed by atoms with E-state index in [4.69, 9.17) is 0 Å². The van der Waals surface area contributed by atoms with Crippen LogP contribution in [0.2, 0.25) is 0 Å². The lowest BCUT2D eigenvalue weighted by Gasteiger charge is -2.55. The summed E-state index contributed by atoms with van der Waals surface area (Å²) < 4.78 is 0. The summed E-state index contributed by atoms with van der Waals surface area (Å²) in [6.07, 6.45) is 6.26. The molecule has 4 aliphatic rings. The fourth-order valence-electron chi connectivity index (χ4n) is 6.67. The average molecular weight is 318 g/mol. The predicted octanol–water partition coefficient (Wildman–Crippen LogP) is 0.889. The van der Waals surface area contributed by atoms with Gasteiger partial charge in [-0.25, -0.2) is 0 Å². The zero-order valence-corrected chi connectivity index (χ0v) is 13.3. The molecule has 3 fully saturated rings. The first-order chi connectivity index (χ1) is 11.1. The second-order valence-corrected chi connectivity index (χ2v) is 8.38. The summed E-state index contributed by atoms with van der Waals surface area (Å²) in [5, 5.41) is 39.2. The molecule has 0 bridgehead atoms. The molecule has 0 saturated heterocycles. The SMILES string of the molecule is OC1CCC2C1CCC1C3Cc4cn[nH]c4CC3C(O)[C@@H](O)C21. The van der Waals surface area contributed by atoms with Crippen LogP contribution in [0.1, 0.15) is 36.9 Å². The van der Waals surface area contributed by atoms with E-state index in [0.717, 1.165) is 44.2 Å². The van der Waals surface area contributed by atoms with Gasteiger partial charge in [0.1, 0.15) is 0 Å². The van der Waals surface area contributed by atoms with Crippen molar-refractivity contribution in [3.05, 3.63) is 17.5 Å². The highest BCUT2D eigenvalue weighted by molar-refractivity contribution is 5.24. The van der Waals surface area contributed by atoms with Gasteiger partial charge in [-0.3, -0.25) is 5.10 Å². The summed E-state index contributed by atoms with van der Waals surface area (Å²) >= 11 is 0. The Labute approximate surface area is 136 Å². The van der Waals surface area contributed by atoms with Crippen LogP contribution >= 0.6 is 0 Å². The molecule has 5 rings (SSSR count). The van der Waals surface area contributed by atoms with E-state index in [9.17, 15) is 15.3 Å². The number of aliphatic hydroxyl groups is 3. The fraction of sp³-hybridized carbons (Fsp3) is 0.833. The number of aromatic nitrogens is 2. The van der Waals surface area contributed by atoms with Crippen molar-refractivity contribution in [2.75, 3.05) is 0 Å². The molecule has 0 spiro atoms. The topological polar surface area (TPSA) is 89.4 Å². The predicted molar refractivity (Wildman–Crippen MR) is 83.4 cm³/mol. The van der Waals surface area contributed by atoms with Gasteiger partial charge in [0.05, 0.1) is 24.5 Å². The van der Waals surface area contributed by atoms with Crippen LogP contribution in [0, 0.1) is 35.5 Å². The molecule has 1 heterocycles. The van der Waals surface area contributed by atoms with Gasteiger partial charge < -0.3 is 15.3 Å². The summed E-state index contributed by atoms with van der Waals surface area (Å²) in [4.78, 5) is 0. The molecule has 1 aromatic rings. The lowest BCUT2D eigenvalue weighted by atomic mass is 9.52. The molecule has 5 heteroatoms. The van der Waals surface area contributed by atoms with E-state index in [0.29, 0.717) is 23.7 Å². The molecule has 0 aromatic carbocycles. The minimum Gasteiger partial charge on any atom is -0.393 e. The second-order valence-electron chi connectivity index (χ2n) is 8.38. The number of nitrogens with one attached hydrogen (secondary N) is 1. The van der Waals surface area contributed by atoms with Crippen molar-refractivity contribution in [2.45, 2.75) is 56.8 Å². The van der Waals surface area contributed by atoms with Crippen LogP contribution in [-0.4, -0.2) is 43.8 Å². The number of aliphatic hydroxyl groups excluding tert-OH is 3. The maximum Gasteiger partial charge on any atom is 0.0836 e. The van der Waals surface area contributed by atoms with Crippen molar-refractivity contribution in [1.82, 2.24) is 10.2 Å². The van der Waals surface area contributed by atoms with Crippen LogP contribution in [0.25, 0.3) is 0 Å². The maximum absolute atomic E-state index is 10.9. The van der Waals surface area contributed by atoms with Crippen molar-refractivity contribution in [3.8, 4) is 0 Å². The molecular formula is C18H26N2O3. The molecule has 4 N–H and O–H groups in total. The van der Waals surface area contributed by atoms with Crippen LogP contribution in [0.5, 0.6) is 0 Å². The maximum atomic E-state index is 10.9. The lowest BCUT2D eigenvalue weighted by Crippen LogP contribution is -2.59. The Bertz CT molecular complexity index is 603. The molecule has 0 aliphatic heterocycles. The van der Waals surface area contributed by atoms with Gasteiger partial charge >= 0.3 is 0 Å². The van der Waals surface area contributed by atoms with Crippen molar-refractivity contribution >= 4 is 0 Å². The minimum atomic E-state index is -0.644. The third-order valence-corrected chi connectivity index (χ3v) is 7.65. The number of aromatic amines is 1. The van der Waals surface area contributed by atoms with E-state index >= 15 is 0 Å². The van der Waals surface area contributed by atoms with Crippen LogP contribution in [0.15, 0.2) is 6.20 Å². The van der Waals surface area contributed by atoms with Crippen molar-refractivity contribution in [1.29, 1.82) is 0 Å². The Morgan fingerprint density at radius 2 is 1.57 bits per heavy atom. The van der Waals surface area contributed by atoms with Crippen molar-refractivity contribution in [3.63, 3.8) is 0 Å². The van der Waals surface area contributed by atoms with E-state index in [-0.39, 0.29) is 17.9 Å². The monoisotopic (exact) mass is 318 g/mol. The molecular weight excluding hydrogens is 292 g/mol.